The number of amides is 1. The van der Waals surface area contributed by atoms with Crippen LogP contribution in [-0.2, 0) is 0 Å². The lowest BCUT2D eigenvalue weighted by Crippen LogP contribution is -2.26. The fourth-order valence-electron chi connectivity index (χ4n) is 2.19. The molecule has 0 aliphatic heterocycles. The third-order valence-electron chi connectivity index (χ3n) is 3.42. The molecule has 122 valence electrons. The molecular weight excluding hydrogens is 337 g/mol. The summed E-state index contributed by atoms with van der Waals surface area (Å²) >= 11 is 12.1. The van der Waals surface area contributed by atoms with Crippen molar-refractivity contribution in [3.05, 3.63) is 57.6 Å². The second-order valence-electron chi connectivity index (χ2n) is 4.93. The minimum absolute atomic E-state index is 0.232. The Morgan fingerprint density at radius 1 is 1.04 bits per heavy atom. The Labute approximate surface area is 145 Å². The monoisotopic (exact) mass is 353 g/mol. The summed E-state index contributed by atoms with van der Waals surface area (Å²) in [6.45, 7) is 1.85. The zero-order chi connectivity index (χ0) is 17.0. The number of hydrogen-bond donors (Lipinski definition) is 1. The van der Waals surface area contributed by atoms with Gasteiger partial charge >= 0.3 is 0 Å². The van der Waals surface area contributed by atoms with E-state index in [9.17, 15) is 4.79 Å². The number of ether oxygens (including phenoxy) is 2. The molecule has 0 aromatic heterocycles. The van der Waals surface area contributed by atoms with Crippen LogP contribution in [0.4, 0.5) is 0 Å². The SMILES string of the molecule is COc1ccc(C(=O)N[C@H](C)c2ccc(Cl)cc2Cl)cc1OC. The van der Waals surface area contributed by atoms with Crippen molar-refractivity contribution in [3.63, 3.8) is 0 Å². The average Bonchev–Trinajstić information content (AvgIpc) is 2.53. The molecule has 23 heavy (non-hydrogen) atoms. The van der Waals surface area contributed by atoms with Crippen molar-refractivity contribution >= 4 is 29.1 Å². The summed E-state index contributed by atoms with van der Waals surface area (Å²) in [5.74, 6) is 0.833. The van der Waals surface area contributed by atoms with Gasteiger partial charge in [-0.25, -0.2) is 0 Å². The van der Waals surface area contributed by atoms with Crippen molar-refractivity contribution in [2.24, 2.45) is 0 Å². The molecule has 0 bridgehead atoms. The van der Waals surface area contributed by atoms with Crippen LogP contribution in [0.5, 0.6) is 11.5 Å². The summed E-state index contributed by atoms with van der Waals surface area (Å²) in [5.41, 5.74) is 1.27. The summed E-state index contributed by atoms with van der Waals surface area (Å²) in [5, 5.41) is 3.96. The smallest absolute Gasteiger partial charge is 0.251 e. The van der Waals surface area contributed by atoms with Gasteiger partial charge in [-0.2, -0.15) is 0 Å². The molecule has 0 aliphatic rings. The van der Waals surface area contributed by atoms with Gasteiger partial charge in [0.15, 0.2) is 11.5 Å². The summed E-state index contributed by atoms with van der Waals surface area (Å²) in [4.78, 5) is 12.4. The summed E-state index contributed by atoms with van der Waals surface area (Å²) in [6.07, 6.45) is 0. The fraction of sp³-hybridized carbons (Fsp3) is 0.235. The van der Waals surface area contributed by atoms with E-state index >= 15 is 0 Å². The predicted octanol–water partition coefficient (Wildman–Crippen LogP) is 4.50. The molecular formula is C17H17Cl2NO3. The second kappa shape index (κ2) is 7.57. The minimum Gasteiger partial charge on any atom is -0.493 e. The standard InChI is InChI=1S/C17H17Cl2NO3/c1-10(13-6-5-12(18)9-14(13)19)20-17(21)11-4-7-15(22-2)16(8-11)23-3/h4-10H,1-3H3,(H,20,21)/t10-/m1/s1. The van der Waals surface area contributed by atoms with Gasteiger partial charge in [-0.05, 0) is 42.8 Å². The topological polar surface area (TPSA) is 47.6 Å². The quantitative estimate of drug-likeness (QED) is 0.860. The molecule has 0 fully saturated rings. The van der Waals surface area contributed by atoms with Crippen LogP contribution in [0.15, 0.2) is 36.4 Å². The number of benzene rings is 2. The van der Waals surface area contributed by atoms with E-state index in [1.807, 2.05) is 6.92 Å². The number of carbonyl (C=O) groups excluding carboxylic acids is 1. The van der Waals surface area contributed by atoms with Crippen molar-refractivity contribution in [3.8, 4) is 11.5 Å². The lowest BCUT2D eigenvalue weighted by Gasteiger charge is -2.16. The molecule has 6 heteroatoms. The molecule has 0 aliphatic carbocycles. The van der Waals surface area contributed by atoms with Gasteiger partial charge in [-0.3, -0.25) is 4.79 Å². The van der Waals surface area contributed by atoms with Crippen LogP contribution in [0, 0.1) is 0 Å². The molecule has 0 spiro atoms. The zero-order valence-corrected chi connectivity index (χ0v) is 14.5. The van der Waals surface area contributed by atoms with Gasteiger partial charge in [-0.1, -0.05) is 29.3 Å². The maximum atomic E-state index is 12.4. The molecule has 2 aromatic rings. The number of methoxy groups -OCH3 is 2. The van der Waals surface area contributed by atoms with E-state index in [2.05, 4.69) is 5.32 Å². The highest BCUT2D eigenvalue weighted by atomic mass is 35.5. The van der Waals surface area contributed by atoms with Crippen LogP contribution in [0.3, 0.4) is 0 Å². The van der Waals surface area contributed by atoms with Crippen molar-refractivity contribution in [2.45, 2.75) is 13.0 Å². The summed E-state index contributed by atoms with van der Waals surface area (Å²) in [6, 6.07) is 9.91. The largest absolute Gasteiger partial charge is 0.493 e. The van der Waals surface area contributed by atoms with E-state index in [4.69, 9.17) is 32.7 Å². The van der Waals surface area contributed by atoms with Gasteiger partial charge in [-0.15, -0.1) is 0 Å². The number of hydrogen-bond acceptors (Lipinski definition) is 3. The Balaban J connectivity index is 2.18. The van der Waals surface area contributed by atoms with Gasteiger partial charge in [0.05, 0.1) is 20.3 Å². The van der Waals surface area contributed by atoms with E-state index in [-0.39, 0.29) is 11.9 Å². The van der Waals surface area contributed by atoms with Crippen LogP contribution in [0.25, 0.3) is 0 Å². The van der Waals surface area contributed by atoms with E-state index in [1.165, 1.54) is 7.11 Å². The maximum absolute atomic E-state index is 12.4. The van der Waals surface area contributed by atoms with Crippen LogP contribution in [0.1, 0.15) is 28.9 Å². The first-order valence-corrected chi connectivity index (χ1v) is 7.69. The van der Waals surface area contributed by atoms with Gasteiger partial charge < -0.3 is 14.8 Å². The van der Waals surface area contributed by atoms with E-state index in [0.717, 1.165) is 5.56 Å². The van der Waals surface area contributed by atoms with Crippen LogP contribution in [0.2, 0.25) is 10.0 Å². The lowest BCUT2D eigenvalue weighted by atomic mass is 10.1. The molecule has 0 saturated heterocycles. The van der Waals surface area contributed by atoms with Crippen molar-refractivity contribution in [1.82, 2.24) is 5.32 Å². The van der Waals surface area contributed by atoms with Crippen molar-refractivity contribution in [2.75, 3.05) is 14.2 Å². The fourth-order valence-corrected chi connectivity index (χ4v) is 2.76. The molecule has 0 heterocycles. The molecule has 0 saturated carbocycles. The second-order valence-corrected chi connectivity index (χ2v) is 5.77. The lowest BCUT2D eigenvalue weighted by molar-refractivity contribution is 0.0939. The highest BCUT2D eigenvalue weighted by Gasteiger charge is 2.16. The third kappa shape index (κ3) is 4.09. The molecule has 0 unspecified atom stereocenters. The van der Waals surface area contributed by atoms with Crippen LogP contribution < -0.4 is 14.8 Å². The Bertz CT molecular complexity index is 719. The van der Waals surface area contributed by atoms with Gasteiger partial charge in [0.2, 0.25) is 0 Å². The molecule has 1 amide bonds. The summed E-state index contributed by atoms with van der Waals surface area (Å²) < 4.78 is 10.4. The molecule has 2 rings (SSSR count). The Kier molecular flexibility index (Phi) is 5.74. The first kappa shape index (κ1) is 17.4. The highest BCUT2D eigenvalue weighted by Crippen LogP contribution is 2.29. The van der Waals surface area contributed by atoms with E-state index < -0.39 is 0 Å². The Hall–Kier alpha value is -1.91. The van der Waals surface area contributed by atoms with Crippen LogP contribution in [-0.4, -0.2) is 20.1 Å². The van der Waals surface area contributed by atoms with Crippen molar-refractivity contribution < 1.29 is 14.3 Å². The molecule has 1 atom stereocenters. The van der Waals surface area contributed by atoms with Crippen LogP contribution >= 0.6 is 23.2 Å². The van der Waals surface area contributed by atoms with Crippen molar-refractivity contribution in [1.29, 1.82) is 0 Å². The normalized spacial score (nSPS) is 11.7. The first-order chi connectivity index (χ1) is 11.0. The number of nitrogens with one attached hydrogen (secondary N) is 1. The molecule has 4 nitrogen and oxygen atoms in total. The van der Waals surface area contributed by atoms with E-state index in [0.29, 0.717) is 27.1 Å². The Morgan fingerprint density at radius 3 is 2.35 bits per heavy atom. The highest BCUT2D eigenvalue weighted by molar-refractivity contribution is 6.35. The minimum atomic E-state index is -0.264. The Morgan fingerprint density at radius 2 is 1.74 bits per heavy atom. The number of carbonyl (C=O) groups is 1. The molecule has 0 radical (unpaired) electrons. The molecule has 1 N–H and O–H groups in total. The zero-order valence-electron chi connectivity index (χ0n) is 13.0. The predicted molar refractivity (Wildman–Crippen MR) is 91.9 cm³/mol. The first-order valence-electron chi connectivity index (χ1n) is 6.94. The maximum Gasteiger partial charge on any atom is 0.251 e. The van der Waals surface area contributed by atoms with Gasteiger partial charge in [0.1, 0.15) is 0 Å². The summed E-state index contributed by atoms with van der Waals surface area (Å²) in [7, 11) is 3.07. The van der Waals surface area contributed by atoms with Gasteiger partial charge in [0, 0.05) is 15.6 Å². The third-order valence-corrected chi connectivity index (χ3v) is 3.98. The molecule has 2 aromatic carbocycles. The van der Waals surface area contributed by atoms with E-state index in [1.54, 1.807) is 43.5 Å². The van der Waals surface area contributed by atoms with Gasteiger partial charge in [0.25, 0.3) is 5.91 Å². The average molecular weight is 354 g/mol. The number of halogens is 2. The number of rotatable bonds is 5.